The predicted octanol–water partition coefficient (Wildman–Crippen LogP) is 5.64. The van der Waals surface area contributed by atoms with E-state index in [0.29, 0.717) is 55.1 Å². The van der Waals surface area contributed by atoms with Crippen LogP contribution in [-0.4, -0.2) is 159 Å². The second kappa shape index (κ2) is 20.6. The topological polar surface area (TPSA) is 146 Å². The van der Waals surface area contributed by atoms with Gasteiger partial charge < -0.3 is 33.6 Å². The van der Waals surface area contributed by atoms with Crippen molar-refractivity contribution in [3.63, 3.8) is 0 Å². The molecule has 6 aliphatic heterocycles. The van der Waals surface area contributed by atoms with Crippen molar-refractivity contribution in [1.29, 1.82) is 0 Å². The Balaban J connectivity index is 0.558. The smallest absolute Gasteiger partial charge is 0.255 e. The number of fused-ring (bicyclic) bond motifs is 2. The number of piperazine rings is 1. The van der Waals surface area contributed by atoms with E-state index >= 15 is 4.39 Å². The Kier molecular flexibility index (Phi) is 13.7. The van der Waals surface area contributed by atoms with E-state index in [9.17, 15) is 14.4 Å². The number of hydrogen-bond donors (Lipinski definition) is 1. The third-order valence-corrected chi connectivity index (χ3v) is 17.5. The molecule has 386 valence electrons. The number of amides is 3. The molecule has 5 saturated heterocycles. The van der Waals surface area contributed by atoms with Crippen LogP contribution in [0.3, 0.4) is 0 Å². The van der Waals surface area contributed by atoms with Gasteiger partial charge in [-0.25, -0.2) is 9.07 Å². The molecule has 0 bridgehead atoms. The summed E-state index contributed by atoms with van der Waals surface area (Å²) in [6, 6.07) is 18.2. The lowest BCUT2D eigenvalue weighted by molar-refractivity contribution is -0.136. The van der Waals surface area contributed by atoms with Crippen molar-refractivity contribution in [2.24, 2.45) is 18.9 Å². The zero-order valence-corrected chi connectivity index (χ0v) is 42.3. The Hall–Kier alpha value is -5.59. The van der Waals surface area contributed by atoms with Gasteiger partial charge in [0.15, 0.2) is 5.82 Å². The monoisotopic (exact) mass is 996 g/mol. The van der Waals surface area contributed by atoms with Gasteiger partial charge in [0.05, 0.1) is 48.9 Å². The zero-order valence-electron chi connectivity index (χ0n) is 42.3. The summed E-state index contributed by atoms with van der Waals surface area (Å²) in [6.45, 7) is 13.0. The third kappa shape index (κ3) is 10.2. The maximum Gasteiger partial charge on any atom is 0.255 e. The first-order chi connectivity index (χ1) is 35.6. The van der Waals surface area contributed by atoms with Crippen molar-refractivity contribution in [3.8, 4) is 5.69 Å². The normalized spacial score (nSPS) is 25.6. The van der Waals surface area contributed by atoms with E-state index in [2.05, 4.69) is 83.8 Å². The number of benzene rings is 3. The van der Waals surface area contributed by atoms with Crippen molar-refractivity contribution in [3.05, 3.63) is 101 Å². The Labute approximate surface area is 427 Å². The average Bonchev–Trinajstić information content (AvgIpc) is 4.11. The van der Waals surface area contributed by atoms with Gasteiger partial charge >= 0.3 is 0 Å². The van der Waals surface area contributed by atoms with Crippen molar-refractivity contribution < 1.29 is 28.2 Å². The molecule has 1 N–H and O–H groups in total. The number of halogens is 1. The molecular formula is C56H70FN11O5. The Morgan fingerprint density at radius 3 is 2.34 bits per heavy atom. The Bertz CT molecular complexity index is 2820. The fraction of sp³-hybridized carbons (Fsp3) is 0.571. The lowest BCUT2D eigenvalue weighted by Crippen LogP contribution is -2.52. The number of carbonyl (C=O) groups excluding carboxylic acids is 3. The number of ether oxygens (including phenoxy) is 2. The van der Waals surface area contributed by atoms with E-state index in [1.807, 2.05) is 16.3 Å². The van der Waals surface area contributed by atoms with Crippen LogP contribution >= 0.6 is 0 Å². The van der Waals surface area contributed by atoms with Crippen LogP contribution in [0.15, 0.2) is 67.1 Å². The molecule has 73 heavy (non-hydrogen) atoms. The molecule has 12 rings (SSSR count). The van der Waals surface area contributed by atoms with Gasteiger partial charge in [-0.3, -0.25) is 24.6 Å². The molecule has 2 aromatic heterocycles. The van der Waals surface area contributed by atoms with Crippen LogP contribution in [-0.2, 0) is 51.0 Å². The average molecular weight is 996 g/mol. The SMILES string of the molecule is Cn1cnnc1CC1(c2cccc(-n3cc4ccc(CN5CCC[C@H](CN6CCN(CC7CCC(OC8CCN(c9ccc%10c(c9F)CN(C9CCC(=O)NC9=O)C%10=O)CC8)CC7)CC6)C5)cc4n3)c2)COC1. The van der Waals surface area contributed by atoms with Gasteiger partial charge in [-0.2, -0.15) is 5.10 Å². The largest absolute Gasteiger partial charge is 0.379 e. The molecule has 7 aliphatic rings. The highest BCUT2D eigenvalue weighted by Gasteiger charge is 2.43. The minimum Gasteiger partial charge on any atom is -0.379 e. The maximum absolute atomic E-state index is 16.0. The van der Waals surface area contributed by atoms with E-state index in [-0.39, 0.29) is 48.5 Å². The highest BCUT2D eigenvalue weighted by Crippen LogP contribution is 2.38. The first kappa shape index (κ1) is 48.4. The lowest BCUT2D eigenvalue weighted by Gasteiger charge is -2.41. The number of imide groups is 1. The summed E-state index contributed by atoms with van der Waals surface area (Å²) in [5.74, 6) is 0.825. The first-order valence-electron chi connectivity index (χ1n) is 27.1. The second-order valence-corrected chi connectivity index (χ2v) is 22.5. The molecule has 3 aromatic carbocycles. The van der Waals surface area contributed by atoms with Gasteiger partial charge in [0.2, 0.25) is 11.8 Å². The molecule has 1 aliphatic carbocycles. The minimum atomic E-state index is -0.759. The number of rotatable bonds is 14. The molecule has 2 atom stereocenters. The quantitative estimate of drug-likeness (QED) is 0.138. The van der Waals surface area contributed by atoms with Gasteiger partial charge in [0.25, 0.3) is 5.91 Å². The van der Waals surface area contributed by atoms with Gasteiger partial charge in [-0.1, -0.05) is 24.3 Å². The minimum absolute atomic E-state index is 0.0394. The lowest BCUT2D eigenvalue weighted by atomic mass is 9.75. The number of likely N-dealkylation sites (tertiary alicyclic amines) is 1. The van der Waals surface area contributed by atoms with E-state index < -0.39 is 11.9 Å². The van der Waals surface area contributed by atoms with Crippen molar-refractivity contribution in [2.45, 2.75) is 107 Å². The van der Waals surface area contributed by atoms with Crippen molar-refractivity contribution in [1.82, 2.24) is 49.5 Å². The molecule has 16 nitrogen and oxygen atoms in total. The summed E-state index contributed by atoms with van der Waals surface area (Å²) < 4.78 is 32.5. The van der Waals surface area contributed by atoms with Crippen LogP contribution in [0.1, 0.15) is 97.1 Å². The highest BCUT2D eigenvalue weighted by atomic mass is 19.1. The summed E-state index contributed by atoms with van der Waals surface area (Å²) in [5.41, 5.74) is 5.70. The van der Waals surface area contributed by atoms with E-state index in [4.69, 9.17) is 14.6 Å². The number of aryl methyl sites for hydroxylation is 1. The summed E-state index contributed by atoms with van der Waals surface area (Å²) in [6.07, 6.45) is 14.5. The number of anilines is 1. The third-order valence-electron chi connectivity index (χ3n) is 17.5. The molecule has 5 aromatic rings. The summed E-state index contributed by atoms with van der Waals surface area (Å²) in [7, 11) is 2.00. The van der Waals surface area contributed by atoms with Crippen molar-refractivity contribution in [2.75, 3.05) is 83.6 Å². The number of carbonyl (C=O) groups is 3. The van der Waals surface area contributed by atoms with Crippen LogP contribution in [0.4, 0.5) is 10.1 Å². The second-order valence-electron chi connectivity index (χ2n) is 22.5. The van der Waals surface area contributed by atoms with Crippen molar-refractivity contribution >= 4 is 34.3 Å². The van der Waals surface area contributed by atoms with Crippen LogP contribution in [0.25, 0.3) is 16.6 Å². The van der Waals surface area contributed by atoms with Gasteiger partial charge in [0.1, 0.15) is 18.2 Å². The molecular weight excluding hydrogens is 926 g/mol. The van der Waals surface area contributed by atoms with E-state index in [1.165, 1.54) is 54.8 Å². The Morgan fingerprint density at radius 2 is 1.60 bits per heavy atom. The first-order valence-corrected chi connectivity index (χ1v) is 27.1. The number of aromatic nitrogens is 5. The summed E-state index contributed by atoms with van der Waals surface area (Å²) in [4.78, 5) is 48.9. The van der Waals surface area contributed by atoms with Crippen LogP contribution in [0, 0.1) is 17.7 Å². The van der Waals surface area contributed by atoms with Crippen LogP contribution in [0.5, 0.6) is 0 Å². The number of nitrogens with one attached hydrogen (secondary N) is 1. The van der Waals surface area contributed by atoms with Gasteiger partial charge in [0, 0.05) is 113 Å². The number of piperidine rings is 3. The molecule has 17 heteroatoms. The molecule has 1 saturated carbocycles. The number of nitrogens with zero attached hydrogens (tertiary/aromatic N) is 10. The molecule has 8 heterocycles. The molecule has 3 amide bonds. The summed E-state index contributed by atoms with van der Waals surface area (Å²) >= 11 is 0. The molecule has 0 radical (unpaired) electrons. The van der Waals surface area contributed by atoms with Gasteiger partial charge in [-0.05, 0) is 118 Å². The standard InChI is InChI=1S/C56H70FN11O5/c1-62-37-58-60-51(62)28-56(35-72-36-56)42-5-2-6-43(27-42)68-33-41-10-7-39(26-48(41)61-68)30-65-19-3-4-40(32-65)31-64-24-22-63(23-25-64)29-38-8-11-44(12-9-38)73-45-17-20-66(21-18-45)49-14-13-46-47(53(49)57)34-67(55(46)71)50-15-16-52(69)59-54(50)70/h2,5-7,10,13-14,26-27,33,37-38,40,44-45,50H,3-4,8-9,11-12,15-25,28-32,34-36H2,1H3,(H,59,69,70)/t38?,40-,44?,50?/m1/s1. The molecule has 1 unspecified atom stereocenters. The molecule has 0 spiro atoms. The predicted molar refractivity (Wildman–Crippen MR) is 274 cm³/mol. The highest BCUT2D eigenvalue weighted by molar-refractivity contribution is 6.05. The van der Waals surface area contributed by atoms with E-state index in [1.54, 1.807) is 18.5 Å². The Morgan fingerprint density at radius 1 is 0.822 bits per heavy atom. The van der Waals surface area contributed by atoms with Gasteiger partial charge in [-0.15, -0.1) is 10.2 Å². The maximum atomic E-state index is 16.0. The summed E-state index contributed by atoms with van der Waals surface area (Å²) in [5, 5.41) is 17.0. The fourth-order valence-corrected chi connectivity index (χ4v) is 13.1. The van der Waals surface area contributed by atoms with Crippen LogP contribution in [0.2, 0.25) is 0 Å². The van der Waals surface area contributed by atoms with E-state index in [0.717, 1.165) is 106 Å². The number of hydrogen-bond acceptors (Lipinski definition) is 12. The zero-order chi connectivity index (χ0) is 49.6. The fourth-order valence-electron chi connectivity index (χ4n) is 13.1. The molecule has 6 fully saturated rings. The van der Waals surface area contributed by atoms with Crippen LogP contribution < -0.4 is 10.2 Å².